The van der Waals surface area contributed by atoms with Crippen LogP contribution in [0.5, 0.6) is 0 Å². The van der Waals surface area contributed by atoms with Crippen molar-refractivity contribution in [1.29, 1.82) is 0 Å². The van der Waals surface area contributed by atoms with Crippen molar-refractivity contribution in [3.05, 3.63) is 12.3 Å². The molecular weight excluding hydrogens is 276 g/mol. The monoisotopic (exact) mass is 312 g/mol. The number of carbonyl (C=O) groups is 1. The summed E-state index contributed by atoms with van der Waals surface area (Å²) in [6, 6.07) is 0. The van der Waals surface area contributed by atoms with Crippen LogP contribution in [0, 0.1) is 0 Å². The van der Waals surface area contributed by atoms with E-state index in [1.54, 1.807) is 0 Å². The maximum absolute atomic E-state index is 11.3. The molecule has 0 bridgehead atoms. The summed E-state index contributed by atoms with van der Waals surface area (Å²) < 4.78 is 4.81. The zero-order valence-corrected chi connectivity index (χ0v) is 14.5. The fraction of sp³-hybridized carbons (Fsp3) is 0.842. The average Bonchev–Trinajstić information content (AvgIpc) is 2.52. The van der Waals surface area contributed by atoms with Gasteiger partial charge in [-0.25, -0.2) is 0 Å². The van der Waals surface area contributed by atoms with Crippen LogP contribution >= 0.6 is 0 Å². The minimum atomic E-state index is -0.201. The topological polar surface area (TPSA) is 46.5 Å². The van der Waals surface area contributed by atoms with Gasteiger partial charge in [0.1, 0.15) is 0 Å². The standard InChI is InChI=1S/C19H36O3/c1-2-3-4-5-6-7-8-9-10-11-12-13-14-16-19(21)22-18-15-17-20/h15,18,20H,2-14,16-17H2,1H3/b18-15+. The van der Waals surface area contributed by atoms with Crippen LogP contribution in [0.2, 0.25) is 0 Å². The van der Waals surface area contributed by atoms with E-state index in [9.17, 15) is 4.79 Å². The number of rotatable bonds is 16. The zero-order chi connectivity index (χ0) is 16.3. The molecule has 0 aromatic heterocycles. The van der Waals surface area contributed by atoms with E-state index in [-0.39, 0.29) is 12.6 Å². The highest BCUT2D eigenvalue weighted by atomic mass is 16.5. The van der Waals surface area contributed by atoms with Crippen LogP contribution < -0.4 is 0 Å². The van der Waals surface area contributed by atoms with Crippen molar-refractivity contribution < 1.29 is 14.6 Å². The lowest BCUT2D eigenvalue weighted by Gasteiger charge is -2.03. The van der Waals surface area contributed by atoms with Gasteiger partial charge < -0.3 is 9.84 Å². The lowest BCUT2D eigenvalue weighted by molar-refractivity contribution is -0.138. The molecule has 0 fully saturated rings. The number of hydrogen-bond acceptors (Lipinski definition) is 3. The molecule has 22 heavy (non-hydrogen) atoms. The fourth-order valence-electron chi connectivity index (χ4n) is 2.51. The van der Waals surface area contributed by atoms with E-state index in [2.05, 4.69) is 6.92 Å². The second-order valence-electron chi connectivity index (χ2n) is 6.04. The molecule has 3 heteroatoms. The Kier molecular flexibility index (Phi) is 17.5. The van der Waals surface area contributed by atoms with Crippen molar-refractivity contribution in [1.82, 2.24) is 0 Å². The lowest BCUT2D eigenvalue weighted by Crippen LogP contribution is -1.99. The number of hydrogen-bond donors (Lipinski definition) is 1. The second-order valence-corrected chi connectivity index (χ2v) is 6.04. The van der Waals surface area contributed by atoms with Crippen LogP contribution in [0.3, 0.4) is 0 Å². The fourth-order valence-corrected chi connectivity index (χ4v) is 2.51. The van der Waals surface area contributed by atoms with Gasteiger partial charge in [0.05, 0.1) is 12.9 Å². The zero-order valence-electron chi connectivity index (χ0n) is 14.5. The van der Waals surface area contributed by atoms with Crippen LogP contribution in [0.1, 0.15) is 96.8 Å². The highest BCUT2D eigenvalue weighted by Crippen LogP contribution is 2.13. The van der Waals surface area contributed by atoms with Gasteiger partial charge >= 0.3 is 5.97 Å². The Morgan fingerprint density at radius 3 is 1.73 bits per heavy atom. The number of aliphatic hydroxyl groups excluding tert-OH is 1. The summed E-state index contributed by atoms with van der Waals surface area (Å²) in [4.78, 5) is 11.3. The molecule has 3 nitrogen and oxygen atoms in total. The van der Waals surface area contributed by atoms with Gasteiger partial charge in [-0.2, -0.15) is 0 Å². The van der Waals surface area contributed by atoms with E-state index in [0.29, 0.717) is 6.42 Å². The lowest BCUT2D eigenvalue weighted by atomic mass is 10.0. The molecule has 0 unspecified atom stereocenters. The summed E-state index contributed by atoms with van der Waals surface area (Å²) in [6.45, 7) is 2.17. The SMILES string of the molecule is CCCCCCCCCCCCCCCC(=O)O/C=C/CO. The molecule has 0 aliphatic carbocycles. The van der Waals surface area contributed by atoms with E-state index in [0.717, 1.165) is 12.8 Å². The van der Waals surface area contributed by atoms with Gasteiger partial charge in [0.2, 0.25) is 0 Å². The summed E-state index contributed by atoms with van der Waals surface area (Å²) in [7, 11) is 0. The smallest absolute Gasteiger partial charge is 0.310 e. The van der Waals surface area contributed by atoms with E-state index in [4.69, 9.17) is 9.84 Å². The molecule has 0 aliphatic heterocycles. The highest BCUT2D eigenvalue weighted by Gasteiger charge is 2.00. The summed E-state index contributed by atoms with van der Waals surface area (Å²) in [6.07, 6.45) is 20.1. The first-order valence-corrected chi connectivity index (χ1v) is 9.26. The maximum atomic E-state index is 11.3. The second kappa shape index (κ2) is 18.2. The van der Waals surface area contributed by atoms with Gasteiger partial charge in [-0.3, -0.25) is 4.79 Å². The normalized spacial score (nSPS) is 11.2. The van der Waals surface area contributed by atoms with Gasteiger partial charge in [-0.1, -0.05) is 84.0 Å². The van der Waals surface area contributed by atoms with E-state index in [1.165, 1.54) is 83.0 Å². The minimum absolute atomic E-state index is 0.0913. The molecule has 0 rings (SSSR count). The van der Waals surface area contributed by atoms with Crippen molar-refractivity contribution in [2.75, 3.05) is 6.61 Å². The van der Waals surface area contributed by atoms with Crippen LogP contribution in [-0.4, -0.2) is 17.7 Å². The van der Waals surface area contributed by atoms with Crippen molar-refractivity contribution in [2.45, 2.75) is 96.8 Å². The van der Waals surface area contributed by atoms with E-state index < -0.39 is 0 Å². The third-order valence-electron chi connectivity index (χ3n) is 3.89. The molecule has 0 spiro atoms. The molecule has 130 valence electrons. The van der Waals surface area contributed by atoms with Crippen molar-refractivity contribution in [3.8, 4) is 0 Å². The summed E-state index contributed by atoms with van der Waals surface area (Å²) >= 11 is 0. The Balaban J connectivity index is 3.11. The number of ether oxygens (including phenoxy) is 1. The maximum Gasteiger partial charge on any atom is 0.310 e. The Morgan fingerprint density at radius 2 is 1.27 bits per heavy atom. The van der Waals surface area contributed by atoms with Crippen LogP contribution in [0.4, 0.5) is 0 Å². The average molecular weight is 312 g/mol. The largest absolute Gasteiger partial charge is 0.435 e. The Labute approximate surface area is 137 Å². The highest BCUT2D eigenvalue weighted by molar-refractivity contribution is 5.69. The molecule has 0 aromatic carbocycles. The number of esters is 1. The van der Waals surface area contributed by atoms with Gasteiger partial charge in [0.15, 0.2) is 0 Å². The van der Waals surface area contributed by atoms with Crippen molar-refractivity contribution in [2.24, 2.45) is 0 Å². The number of aliphatic hydroxyl groups is 1. The molecule has 0 radical (unpaired) electrons. The third-order valence-corrected chi connectivity index (χ3v) is 3.89. The van der Waals surface area contributed by atoms with Gasteiger partial charge in [0.25, 0.3) is 0 Å². The molecule has 0 saturated carbocycles. The summed E-state index contributed by atoms with van der Waals surface area (Å²) in [5.41, 5.74) is 0. The predicted octanol–water partition coefficient (Wildman–Crippen LogP) is 5.52. The van der Waals surface area contributed by atoms with Crippen LogP contribution in [-0.2, 0) is 9.53 Å². The minimum Gasteiger partial charge on any atom is -0.435 e. The molecule has 0 amide bonds. The first-order valence-electron chi connectivity index (χ1n) is 9.26. The van der Waals surface area contributed by atoms with E-state index >= 15 is 0 Å². The van der Waals surface area contributed by atoms with Gasteiger partial charge in [-0.15, -0.1) is 0 Å². The van der Waals surface area contributed by atoms with Crippen molar-refractivity contribution >= 4 is 5.97 Å². The third kappa shape index (κ3) is 17.2. The molecule has 1 N–H and O–H groups in total. The Bertz CT molecular complexity index is 261. The van der Waals surface area contributed by atoms with Gasteiger partial charge in [-0.05, 0) is 12.5 Å². The Hall–Kier alpha value is -0.830. The molecule has 0 saturated heterocycles. The number of carbonyl (C=O) groups excluding carboxylic acids is 1. The summed E-state index contributed by atoms with van der Waals surface area (Å²) in [5, 5.41) is 8.50. The van der Waals surface area contributed by atoms with Gasteiger partial charge in [0, 0.05) is 6.42 Å². The number of unbranched alkanes of at least 4 members (excludes halogenated alkanes) is 12. The molecule has 0 heterocycles. The Morgan fingerprint density at radius 1 is 0.818 bits per heavy atom. The summed E-state index contributed by atoms with van der Waals surface area (Å²) in [5.74, 6) is -0.201. The predicted molar refractivity (Wildman–Crippen MR) is 92.6 cm³/mol. The molecule has 0 aromatic rings. The molecular formula is C19H36O3. The molecule has 0 aliphatic rings. The van der Waals surface area contributed by atoms with Crippen molar-refractivity contribution in [3.63, 3.8) is 0 Å². The van der Waals surface area contributed by atoms with Crippen LogP contribution in [0.15, 0.2) is 12.3 Å². The molecule has 0 atom stereocenters. The first-order chi connectivity index (χ1) is 10.8. The quantitative estimate of drug-likeness (QED) is 0.232. The van der Waals surface area contributed by atoms with E-state index in [1.807, 2.05) is 0 Å². The first kappa shape index (κ1) is 21.2. The van der Waals surface area contributed by atoms with Crippen LogP contribution in [0.25, 0.3) is 0 Å².